The van der Waals surface area contributed by atoms with E-state index in [9.17, 15) is 24.3 Å². The van der Waals surface area contributed by atoms with Gasteiger partial charge in [0.15, 0.2) is 0 Å². The van der Waals surface area contributed by atoms with E-state index >= 15 is 0 Å². The second kappa shape index (κ2) is 25.3. The topological polar surface area (TPSA) is 167 Å². The molecule has 1 aromatic rings. The molecule has 0 aromatic carbocycles. The van der Waals surface area contributed by atoms with Gasteiger partial charge in [-0.2, -0.15) is 0 Å². The zero-order valence-corrected chi connectivity index (χ0v) is 34.4. The van der Waals surface area contributed by atoms with Crippen molar-refractivity contribution in [3.05, 3.63) is 55.3 Å². The molecule has 0 spiro atoms. The Balaban J connectivity index is 0.00000469. The summed E-state index contributed by atoms with van der Waals surface area (Å²) in [5.74, 6) is -1.57. The first-order valence-corrected chi connectivity index (χ1v) is 19.0. The number of hydrogen-bond acceptors (Lipinski definition) is 10. The quantitative estimate of drug-likeness (QED) is 0.148. The minimum atomic E-state index is -0.782. The maximum absolute atomic E-state index is 14.0. The molecule has 1 fully saturated rings. The molecule has 8 atom stereocenters. The van der Waals surface area contributed by atoms with Gasteiger partial charge in [-0.05, 0) is 38.4 Å². The van der Waals surface area contributed by atoms with Crippen molar-refractivity contribution in [3.8, 4) is 0 Å². The first kappa shape index (κ1) is 48.2. The molecule has 0 saturated carbocycles. The molecule has 14 heteroatoms. The number of rotatable bonds is 22. The molecule has 0 aliphatic carbocycles. The fourth-order valence-corrected chi connectivity index (χ4v) is 6.73. The fourth-order valence-electron chi connectivity index (χ4n) is 6.73. The molecule has 8 unspecified atom stereocenters. The Morgan fingerprint density at radius 2 is 1.76 bits per heavy atom. The van der Waals surface area contributed by atoms with E-state index in [1.54, 1.807) is 57.1 Å². The number of nitrogens with zero attached hydrogens (tertiary/aromatic N) is 4. The summed E-state index contributed by atoms with van der Waals surface area (Å²) >= 11 is 0. The standard InChI is InChI=1S/C37H60N6O8.C3H8/c1-11-15-26(13-3)20-27(37-38-17-19-51-37)40-35(47)25(5)34(50-10)28-16-14-18-43(28)31(45)21-30(49-9)33(24(4)12-2)42(8)32(46)22-39-36(48)29(23-44)41(6)7;1-3-2/h11,13,15,17,19,24-25,27-30,33-34,44H,1,3,12,14,16,18,20-23H2,2,4-10H3,(H,39,48)(H,40,47);3H2,1-2H3/b26-15+;. The predicted molar refractivity (Wildman–Crippen MR) is 210 cm³/mol. The van der Waals surface area contributed by atoms with Crippen LogP contribution in [0.3, 0.4) is 0 Å². The zero-order chi connectivity index (χ0) is 41.0. The number of allylic oxidation sites excluding steroid dienone is 3. The number of aliphatic hydroxyl groups is 1. The number of aliphatic hydroxyl groups excluding tert-OH is 1. The third-order valence-electron chi connectivity index (χ3n) is 9.92. The van der Waals surface area contributed by atoms with E-state index < -0.39 is 42.2 Å². The average molecular weight is 761 g/mol. The van der Waals surface area contributed by atoms with Gasteiger partial charge in [-0.3, -0.25) is 24.1 Å². The van der Waals surface area contributed by atoms with Crippen LogP contribution in [-0.4, -0.2) is 134 Å². The van der Waals surface area contributed by atoms with E-state index in [0.29, 0.717) is 31.7 Å². The minimum Gasteiger partial charge on any atom is -0.447 e. The van der Waals surface area contributed by atoms with Crippen LogP contribution in [0.5, 0.6) is 0 Å². The van der Waals surface area contributed by atoms with Gasteiger partial charge in [-0.25, -0.2) is 4.98 Å². The van der Waals surface area contributed by atoms with Crippen LogP contribution in [0.4, 0.5) is 0 Å². The summed E-state index contributed by atoms with van der Waals surface area (Å²) in [6.45, 7) is 17.5. The number of likely N-dealkylation sites (tertiary alicyclic amines) is 1. The molecule has 306 valence electrons. The van der Waals surface area contributed by atoms with Gasteiger partial charge >= 0.3 is 0 Å². The van der Waals surface area contributed by atoms with Crippen LogP contribution in [0.25, 0.3) is 0 Å². The van der Waals surface area contributed by atoms with E-state index in [1.165, 1.54) is 30.9 Å². The molecule has 0 radical (unpaired) electrons. The van der Waals surface area contributed by atoms with Crippen molar-refractivity contribution >= 4 is 23.6 Å². The summed E-state index contributed by atoms with van der Waals surface area (Å²) in [4.78, 5) is 62.8. The molecule has 2 rings (SSSR count). The van der Waals surface area contributed by atoms with Crippen molar-refractivity contribution in [1.82, 2.24) is 30.3 Å². The number of hydrogen-bond donors (Lipinski definition) is 3. The molecule has 1 aromatic heterocycles. The summed E-state index contributed by atoms with van der Waals surface area (Å²) in [7, 11) is 8.05. The van der Waals surface area contributed by atoms with Gasteiger partial charge in [-0.15, -0.1) is 0 Å². The molecule has 14 nitrogen and oxygen atoms in total. The van der Waals surface area contributed by atoms with Crippen LogP contribution in [-0.2, 0) is 28.7 Å². The maximum Gasteiger partial charge on any atom is 0.242 e. The molecule has 1 saturated heterocycles. The first-order chi connectivity index (χ1) is 25.7. The lowest BCUT2D eigenvalue weighted by Crippen LogP contribution is -2.55. The van der Waals surface area contributed by atoms with E-state index in [2.05, 4.69) is 42.6 Å². The average Bonchev–Trinajstić information content (AvgIpc) is 3.87. The Morgan fingerprint density at radius 3 is 2.26 bits per heavy atom. The van der Waals surface area contributed by atoms with Crippen LogP contribution in [0.1, 0.15) is 85.1 Å². The Bertz CT molecular complexity index is 1340. The number of carbonyl (C=O) groups excluding carboxylic acids is 4. The number of methoxy groups -OCH3 is 2. The summed E-state index contributed by atoms with van der Waals surface area (Å²) < 4.78 is 17.4. The van der Waals surface area contributed by atoms with Crippen molar-refractivity contribution in [3.63, 3.8) is 0 Å². The first-order valence-electron chi connectivity index (χ1n) is 19.0. The highest BCUT2D eigenvalue weighted by molar-refractivity contribution is 5.87. The highest BCUT2D eigenvalue weighted by Crippen LogP contribution is 2.30. The van der Waals surface area contributed by atoms with E-state index in [0.717, 1.165) is 12.0 Å². The molecule has 2 heterocycles. The van der Waals surface area contributed by atoms with Crippen molar-refractivity contribution in [2.24, 2.45) is 11.8 Å². The number of likely N-dealkylation sites (N-methyl/N-ethyl adjacent to an activating group) is 2. The number of oxazole rings is 1. The second-order valence-corrected chi connectivity index (χ2v) is 14.0. The largest absolute Gasteiger partial charge is 0.447 e. The van der Waals surface area contributed by atoms with Crippen molar-refractivity contribution < 1.29 is 38.2 Å². The Hall–Kier alpha value is -3.85. The van der Waals surface area contributed by atoms with Gasteiger partial charge in [0.2, 0.25) is 29.5 Å². The number of aromatic nitrogens is 1. The van der Waals surface area contributed by atoms with Crippen LogP contribution >= 0.6 is 0 Å². The predicted octanol–water partition coefficient (Wildman–Crippen LogP) is 3.90. The lowest BCUT2D eigenvalue weighted by atomic mass is 9.90. The SMILES string of the molecule is C=C/C=C(\C=C)CC(NC(=O)C(C)C(OC)C1CCCN1C(=O)CC(OC)C(C(C)CC)N(C)C(=O)CNC(=O)C(CO)N(C)C)c1ncco1.CCC. The Morgan fingerprint density at radius 1 is 1.09 bits per heavy atom. The summed E-state index contributed by atoms with van der Waals surface area (Å²) in [5, 5.41) is 15.2. The van der Waals surface area contributed by atoms with Gasteiger partial charge in [0.05, 0.1) is 56.0 Å². The third kappa shape index (κ3) is 14.1. The second-order valence-electron chi connectivity index (χ2n) is 14.0. The molecule has 4 amide bonds. The molecule has 0 bridgehead atoms. The molecule has 1 aliphatic rings. The molecular weight excluding hydrogens is 692 g/mol. The normalized spacial score (nSPS) is 18.3. The van der Waals surface area contributed by atoms with Crippen LogP contribution in [0.2, 0.25) is 0 Å². The summed E-state index contributed by atoms with van der Waals surface area (Å²) in [6.07, 6.45) is 10.6. The molecule has 3 N–H and O–H groups in total. The fraction of sp³-hybridized carbons (Fsp3) is 0.675. The number of nitrogens with one attached hydrogen (secondary N) is 2. The van der Waals surface area contributed by atoms with Gasteiger partial charge in [0.25, 0.3) is 0 Å². The van der Waals surface area contributed by atoms with E-state index in [4.69, 9.17) is 13.9 Å². The van der Waals surface area contributed by atoms with Crippen LogP contribution < -0.4 is 10.6 Å². The molecule has 54 heavy (non-hydrogen) atoms. The van der Waals surface area contributed by atoms with E-state index in [1.807, 2.05) is 19.9 Å². The van der Waals surface area contributed by atoms with Crippen molar-refractivity contribution in [1.29, 1.82) is 0 Å². The smallest absolute Gasteiger partial charge is 0.242 e. The van der Waals surface area contributed by atoms with E-state index in [-0.39, 0.29) is 49.3 Å². The zero-order valence-electron chi connectivity index (χ0n) is 34.4. The van der Waals surface area contributed by atoms with Crippen LogP contribution in [0, 0.1) is 11.8 Å². The van der Waals surface area contributed by atoms with Crippen molar-refractivity contribution in [2.75, 3.05) is 55.1 Å². The van der Waals surface area contributed by atoms with Gasteiger partial charge in [0.1, 0.15) is 18.3 Å². The van der Waals surface area contributed by atoms with Crippen molar-refractivity contribution in [2.45, 2.75) is 110 Å². The van der Waals surface area contributed by atoms with Gasteiger partial charge < -0.3 is 39.4 Å². The van der Waals surface area contributed by atoms with Gasteiger partial charge in [0, 0.05) is 34.2 Å². The highest BCUT2D eigenvalue weighted by Gasteiger charge is 2.42. The maximum atomic E-state index is 14.0. The summed E-state index contributed by atoms with van der Waals surface area (Å²) in [6, 6.07) is -2.18. The lowest BCUT2D eigenvalue weighted by molar-refractivity contribution is -0.146. The minimum absolute atomic E-state index is 0.00240. The number of ether oxygens (including phenoxy) is 2. The molecule has 1 aliphatic heterocycles. The Kier molecular flexibility index (Phi) is 22.5. The van der Waals surface area contributed by atoms with Crippen LogP contribution in [0.15, 0.2) is 53.8 Å². The monoisotopic (exact) mass is 761 g/mol. The molecular formula is C40H68N6O8. The highest BCUT2D eigenvalue weighted by atomic mass is 16.5. The Labute approximate surface area is 323 Å². The lowest BCUT2D eigenvalue weighted by Gasteiger charge is -2.39. The van der Waals surface area contributed by atoms with Gasteiger partial charge in [-0.1, -0.05) is 78.8 Å². The number of amides is 4. The summed E-state index contributed by atoms with van der Waals surface area (Å²) in [5.41, 5.74) is 0.845. The third-order valence-corrected chi connectivity index (χ3v) is 9.92. The number of carbonyl (C=O) groups is 4.